The number of aromatic nitrogens is 3. The summed E-state index contributed by atoms with van der Waals surface area (Å²) in [5, 5.41) is 8.56. The number of methoxy groups -OCH3 is 1. The van der Waals surface area contributed by atoms with E-state index in [1.807, 2.05) is 59.5 Å². The van der Waals surface area contributed by atoms with Crippen LogP contribution in [0.4, 0.5) is 5.69 Å². The summed E-state index contributed by atoms with van der Waals surface area (Å²) in [6, 6.07) is 13.6. The molecule has 0 fully saturated rings. The van der Waals surface area contributed by atoms with Crippen molar-refractivity contribution in [2.45, 2.75) is 12.6 Å². The number of nitrogens with zero attached hydrogens (tertiary/aromatic N) is 3. The monoisotopic (exact) mass is 342 g/mol. The minimum absolute atomic E-state index is 0.0276. The largest absolute Gasteiger partial charge is 0.382 e. The number of anilines is 1. The summed E-state index contributed by atoms with van der Waals surface area (Å²) in [4.78, 5) is 4.32. The highest BCUT2D eigenvalue weighted by Crippen LogP contribution is 2.21. The molecule has 1 atom stereocenters. The van der Waals surface area contributed by atoms with Crippen LogP contribution in [0, 0.1) is 0 Å². The highest BCUT2D eigenvalue weighted by molar-refractivity contribution is 6.30. The van der Waals surface area contributed by atoms with Crippen LogP contribution in [0.25, 0.3) is 0 Å². The van der Waals surface area contributed by atoms with Gasteiger partial charge < -0.3 is 10.1 Å². The molecule has 6 heteroatoms. The third-order valence-corrected chi connectivity index (χ3v) is 3.88. The van der Waals surface area contributed by atoms with Crippen molar-refractivity contribution in [2.24, 2.45) is 0 Å². The average molecular weight is 343 g/mol. The van der Waals surface area contributed by atoms with Crippen molar-refractivity contribution in [2.75, 3.05) is 19.0 Å². The van der Waals surface area contributed by atoms with E-state index in [0.29, 0.717) is 13.2 Å². The molecule has 2 aromatic heterocycles. The molecular weight excluding hydrogens is 324 g/mol. The smallest absolute Gasteiger partial charge is 0.0832 e. The molecule has 0 radical (unpaired) electrons. The lowest BCUT2D eigenvalue weighted by Gasteiger charge is -2.18. The third-order valence-electron chi connectivity index (χ3n) is 3.63. The van der Waals surface area contributed by atoms with E-state index in [2.05, 4.69) is 15.4 Å². The second-order valence-electron chi connectivity index (χ2n) is 5.45. The standard InChI is InChI=1S/C18H19ClN4O/c1-24-13-18(14-5-7-15(19)8-6-14)22-17-10-21-23(12-17)11-16-4-2-3-9-20-16/h2-10,12,18,22H,11,13H2,1H3/t18-/m0/s1. The number of nitrogens with one attached hydrogen (secondary N) is 1. The van der Waals surface area contributed by atoms with Crippen molar-refractivity contribution in [3.63, 3.8) is 0 Å². The van der Waals surface area contributed by atoms with E-state index in [9.17, 15) is 0 Å². The van der Waals surface area contributed by atoms with Gasteiger partial charge >= 0.3 is 0 Å². The summed E-state index contributed by atoms with van der Waals surface area (Å²) in [5.41, 5.74) is 3.01. The Morgan fingerprint density at radius 2 is 2.04 bits per heavy atom. The van der Waals surface area contributed by atoms with E-state index in [0.717, 1.165) is 22.0 Å². The van der Waals surface area contributed by atoms with Gasteiger partial charge in [-0.15, -0.1) is 0 Å². The van der Waals surface area contributed by atoms with Crippen molar-refractivity contribution in [1.29, 1.82) is 0 Å². The van der Waals surface area contributed by atoms with Gasteiger partial charge in [0.1, 0.15) is 0 Å². The first-order valence-corrected chi connectivity index (χ1v) is 8.05. The number of benzene rings is 1. The van der Waals surface area contributed by atoms with Crippen LogP contribution < -0.4 is 5.32 Å². The Balaban J connectivity index is 1.70. The summed E-state index contributed by atoms with van der Waals surface area (Å²) in [5.74, 6) is 0. The molecule has 3 rings (SSSR count). The Hall–Kier alpha value is -2.37. The van der Waals surface area contributed by atoms with Gasteiger partial charge in [0.05, 0.1) is 36.8 Å². The lowest BCUT2D eigenvalue weighted by Crippen LogP contribution is -2.16. The molecule has 0 spiro atoms. The maximum Gasteiger partial charge on any atom is 0.0832 e. The van der Waals surface area contributed by atoms with Gasteiger partial charge in [-0.2, -0.15) is 5.10 Å². The molecule has 0 amide bonds. The van der Waals surface area contributed by atoms with Gasteiger partial charge in [0.25, 0.3) is 0 Å². The summed E-state index contributed by atoms with van der Waals surface area (Å²) < 4.78 is 7.19. The summed E-state index contributed by atoms with van der Waals surface area (Å²) in [6.07, 6.45) is 5.56. The molecule has 1 N–H and O–H groups in total. The lowest BCUT2D eigenvalue weighted by atomic mass is 10.1. The molecule has 0 saturated carbocycles. The van der Waals surface area contributed by atoms with E-state index in [1.54, 1.807) is 13.3 Å². The molecule has 0 saturated heterocycles. The summed E-state index contributed by atoms with van der Waals surface area (Å²) in [6.45, 7) is 1.19. The van der Waals surface area contributed by atoms with Crippen LogP contribution in [0.15, 0.2) is 61.1 Å². The van der Waals surface area contributed by atoms with Crippen molar-refractivity contribution < 1.29 is 4.74 Å². The predicted octanol–water partition coefficient (Wildman–Crippen LogP) is 3.78. The number of halogens is 1. The van der Waals surface area contributed by atoms with Gasteiger partial charge in [-0.1, -0.05) is 29.8 Å². The number of pyridine rings is 1. The first-order chi connectivity index (χ1) is 11.7. The van der Waals surface area contributed by atoms with Gasteiger partial charge in [0.15, 0.2) is 0 Å². The lowest BCUT2D eigenvalue weighted by molar-refractivity contribution is 0.186. The van der Waals surface area contributed by atoms with Crippen LogP contribution in [0.1, 0.15) is 17.3 Å². The van der Waals surface area contributed by atoms with Gasteiger partial charge in [0, 0.05) is 24.5 Å². The Morgan fingerprint density at radius 1 is 1.21 bits per heavy atom. The predicted molar refractivity (Wildman–Crippen MR) is 95.3 cm³/mol. The highest BCUT2D eigenvalue weighted by Gasteiger charge is 2.12. The highest BCUT2D eigenvalue weighted by atomic mass is 35.5. The van der Waals surface area contributed by atoms with Gasteiger partial charge in [0.2, 0.25) is 0 Å². The quantitative estimate of drug-likeness (QED) is 0.710. The average Bonchev–Trinajstić information content (AvgIpc) is 3.03. The van der Waals surface area contributed by atoms with Gasteiger partial charge in [-0.05, 0) is 29.8 Å². The van der Waals surface area contributed by atoms with Crippen LogP contribution in [0.2, 0.25) is 5.02 Å². The van der Waals surface area contributed by atoms with Crippen molar-refractivity contribution >= 4 is 17.3 Å². The molecule has 0 bridgehead atoms. The molecular formula is C18H19ClN4O. The zero-order valence-electron chi connectivity index (χ0n) is 13.4. The molecule has 124 valence electrons. The Kier molecular flexibility index (Phi) is 5.46. The Bertz CT molecular complexity index is 758. The number of hydrogen-bond acceptors (Lipinski definition) is 4. The fourth-order valence-electron chi connectivity index (χ4n) is 2.47. The maximum absolute atomic E-state index is 5.96. The van der Waals surface area contributed by atoms with E-state index in [1.165, 1.54) is 0 Å². The molecule has 0 aliphatic carbocycles. The minimum Gasteiger partial charge on any atom is -0.382 e. The maximum atomic E-state index is 5.96. The topological polar surface area (TPSA) is 52.0 Å². The molecule has 2 heterocycles. The van der Waals surface area contributed by atoms with E-state index in [-0.39, 0.29) is 6.04 Å². The van der Waals surface area contributed by atoms with Crippen LogP contribution in [-0.2, 0) is 11.3 Å². The van der Waals surface area contributed by atoms with Crippen molar-refractivity contribution in [3.8, 4) is 0 Å². The second-order valence-corrected chi connectivity index (χ2v) is 5.89. The Morgan fingerprint density at radius 3 is 2.75 bits per heavy atom. The van der Waals surface area contributed by atoms with Crippen LogP contribution in [0.5, 0.6) is 0 Å². The Labute approximate surface area is 146 Å². The fourth-order valence-corrected chi connectivity index (χ4v) is 2.59. The number of rotatable bonds is 7. The minimum atomic E-state index is 0.0276. The molecule has 1 aromatic carbocycles. The number of hydrogen-bond donors (Lipinski definition) is 1. The molecule has 3 aromatic rings. The zero-order valence-corrected chi connectivity index (χ0v) is 14.1. The van der Waals surface area contributed by atoms with Crippen LogP contribution >= 0.6 is 11.6 Å². The fraction of sp³-hybridized carbons (Fsp3) is 0.222. The van der Waals surface area contributed by atoms with Crippen LogP contribution in [0.3, 0.4) is 0 Å². The van der Waals surface area contributed by atoms with E-state index in [4.69, 9.17) is 16.3 Å². The van der Waals surface area contributed by atoms with E-state index < -0.39 is 0 Å². The van der Waals surface area contributed by atoms with Crippen molar-refractivity contribution in [1.82, 2.24) is 14.8 Å². The second kappa shape index (κ2) is 7.95. The van der Waals surface area contributed by atoms with Gasteiger partial charge in [-0.3, -0.25) is 9.67 Å². The van der Waals surface area contributed by atoms with E-state index >= 15 is 0 Å². The zero-order chi connectivity index (χ0) is 16.8. The molecule has 5 nitrogen and oxygen atoms in total. The first kappa shape index (κ1) is 16.5. The summed E-state index contributed by atoms with van der Waals surface area (Å²) >= 11 is 5.96. The SMILES string of the molecule is COC[C@H](Nc1cnn(Cc2ccccn2)c1)c1ccc(Cl)cc1. The third kappa shape index (κ3) is 4.34. The molecule has 0 unspecified atom stereocenters. The molecule has 0 aliphatic rings. The molecule has 0 aliphatic heterocycles. The first-order valence-electron chi connectivity index (χ1n) is 7.68. The van der Waals surface area contributed by atoms with Crippen LogP contribution in [-0.4, -0.2) is 28.5 Å². The summed E-state index contributed by atoms with van der Waals surface area (Å²) in [7, 11) is 1.69. The normalized spacial score (nSPS) is 12.1. The number of ether oxygens (including phenoxy) is 1. The van der Waals surface area contributed by atoms with Crippen molar-refractivity contribution in [3.05, 3.63) is 77.3 Å². The molecule has 24 heavy (non-hydrogen) atoms. The van der Waals surface area contributed by atoms with Gasteiger partial charge in [-0.25, -0.2) is 0 Å².